The van der Waals surface area contributed by atoms with Crippen molar-refractivity contribution in [1.29, 1.82) is 0 Å². The Bertz CT molecular complexity index is 672. The van der Waals surface area contributed by atoms with Crippen LogP contribution in [0.15, 0.2) is 48.5 Å². The van der Waals surface area contributed by atoms with Gasteiger partial charge in [0, 0.05) is 12.1 Å². The molecule has 1 unspecified atom stereocenters. The molecular weight excluding hydrogens is 268 g/mol. The topological polar surface area (TPSA) is 75.8 Å². The van der Waals surface area contributed by atoms with Crippen LogP contribution in [0.25, 0.3) is 0 Å². The fraction of sp³-hybridized carbons (Fsp3) is 0.188. The van der Waals surface area contributed by atoms with Gasteiger partial charge in [-0.05, 0) is 18.2 Å². The van der Waals surface area contributed by atoms with Crippen molar-refractivity contribution in [2.45, 2.75) is 12.6 Å². The summed E-state index contributed by atoms with van der Waals surface area (Å²) in [7, 11) is 0. The first-order chi connectivity index (χ1) is 10.1. The van der Waals surface area contributed by atoms with E-state index < -0.39 is 12.0 Å². The second kappa shape index (κ2) is 5.36. The van der Waals surface area contributed by atoms with Crippen LogP contribution in [0, 0.1) is 0 Å². The van der Waals surface area contributed by atoms with E-state index in [2.05, 4.69) is 0 Å². The zero-order chi connectivity index (χ0) is 14.8. The van der Waals surface area contributed by atoms with Crippen LogP contribution < -0.4 is 15.4 Å². The zero-order valence-corrected chi connectivity index (χ0v) is 11.4. The number of anilines is 1. The summed E-state index contributed by atoms with van der Waals surface area (Å²) in [5.74, 6) is 0.367. The molecule has 0 spiro atoms. The van der Waals surface area contributed by atoms with Crippen LogP contribution in [0.3, 0.4) is 0 Å². The number of nitrogens with two attached hydrogens (primary N) is 1. The number of carbonyl (C=O) groups excluding carboxylic acids is 1. The maximum absolute atomic E-state index is 11.5. The number of rotatable bonds is 3. The number of nitrogens with zero attached hydrogens (tertiary/aromatic N) is 1. The lowest BCUT2D eigenvalue weighted by atomic mass is 10.1. The van der Waals surface area contributed by atoms with Crippen molar-refractivity contribution < 1.29 is 14.6 Å². The minimum atomic E-state index is -0.689. The Kier molecular flexibility index (Phi) is 3.39. The number of hydrogen-bond donors (Lipinski definition) is 2. The summed E-state index contributed by atoms with van der Waals surface area (Å²) in [5.41, 5.74) is 7.05. The molecule has 2 aromatic rings. The number of primary amides is 1. The van der Waals surface area contributed by atoms with Crippen LogP contribution in [0.1, 0.15) is 5.56 Å². The van der Waals surface area contributed by atoms with E-state index in [1.807, 2.05) is 41.3 Å². The highest BCUT2D eigenvalue weighted by atomic mass is 16.5. The molecule has 2 aromatic carbocycles. The van der Waals surface area contributed by atoms with E-state index >= 15 is 0 Å². The van der Waals surface area contributed by atoms with Gasteiger partial charge in [-0.25, -0.2) is 0 Å². The number of carbonyl (C=O) groups is 1. The lowest BCUT2D eigenvalue weighted by molar-refractivity contribution is -0.124. The van der Waals surface area contributed by atoms with Crippen LogP contribution in [0.2, 0.25) is 0 Å². The Morgan fingerprint density at radius 3 is 2.71 bits per heavy atom. The molecule has 0 radical (unpaired) electrons. The first kappa shape index (κ1) is 13.3. The summed E-state index contributed by atoms with van der Waals surface area (Å²) in [5, 5.41) is 9.91. The van der Waals surface area contributed by atoms with E-state index in [9.17, 15) is 9.90 Å². The number of para-hydroxylation sites is 3. The number of fused-ring (bicyclic) bond motifs is 1. The van der Waals surface area contributed by atoms with Gasteiger partial charge in [0.2, 0.25) is 0 Å². The zero-order valence-electron chi connectivity index (χ0n) is 11.4. The molecule has 0 saturated heterocycles. The second-order valence-corrected chi connectivity index (χ2v) is 4.99. The van der Waals surface area contributed by atoms with Crippen molar-refractivity contribution >= 4 is 11.6 Å². The first-order valence-electron chi connectivity index (χ1n) is 6.72. The highest BCUT2D eigenvalue weighted by molar-refractivity contribution is 5.81. The molecule has 1 aliphatic rings. The van der Waals surface area contributed by atoms with E-state index in [0.717, 1.165) is 11.3 Å². The Labute approximate surface area is 122 Å². The summed E-state index contributed by atoms with van der Waals surface area (Å²) < 4.78 is 5.61. The minimum absolute atomic E-state index is 0.233. The monoisotopic (exact) mass is 284 g/mol. The van der Waals surface area contributed by atoms with Crippen LogP contribution in [0.5, 0.6) is 11.5 Å². The van der Waals surface area contributed by atoms with Gasteiger partial charge < -0.3 is 20.5 Å². The van der Waals surface area contributed by atoms with E-state index in [4.69, 9.17) is 10.5 Å². The fourth-order valence-corrected chi connectivity index (χ4v) is 2.46. The summed E-state index contributed by atoms with van der Waals surface area (Å²) in [6.07, 6.45) is -0.689. The number of hydrogen-bond acceptors (Lipinski definition) is 4. The summed E-state index contributed by atoms with van der Waals surface area (Å²) in [6.45, 7) is 0.845. The van der Waals surface area contributed by atoms with Gasteiger partial charge >= 0.3 is 0 Å². The van der Waals surface area contributed by atoms with E-state index in [-0.39, 0.29) is 5.75 Å². The smallest absolute Gasteiger partial charge is 0.260 e. The third kappa shape index (κ3) is 2.63. The van der Waals surface area contributed by atoms with Gasteiger partial charge in [-0.3, -0.25) is 4.79 Å². The molecule has 108 valence electrons. The Morgan fingerprint density at radius 1 is 1.24 bits per heavy atom. The molecule has 0 fully saturated rings. The van der Waals surface area contributed by atoms with Crippen molar-refractivity contribution in [2.75, 3.05) is 11.4 Å². The van der Waals surface area contributed by atoms with Crippen LogP contribution in [-0.2, 0) is 11.3 Å². The molecule has 0 bridgehead atoms. The quantitative estimate of drug-likeness (QED) is 0.898. The second-order valence-electron chi connectivity index (χ2n) is 4.99. The fourth-order valence-electron chi connectivity index (χ4n) is 2.46. The Balaban J connectivity index is 1.93. The Hall–Kier alpha value is -2.69. The predicted octanol–water partition coefficient (Wildman–Crippen LogP) is 1.65. The average molecular weight is 284 g/mol. The molecule has 1 atom stereocenters. The van der Waals surface area contributed by atoms with Crippen molar-refractivity contribution in [3.63, 3.8) is 0 Å². The van der Waals surface area contributed by atoms with Crippen LogP contribution in [0.4, 0.5) is 5.69 Å². The molecule has 3 N–H and O–H groups in total. The van der Waals surface area contributed by atoms with Gasteiger partial charge in [0.25, 0.3) is 5.91 Å². The lowest BCUT2D eigenvalue weighted by Crippen LogP contribution is -2.46. The molecule has 5 nitrogen and oxygen atoms in total. The molecule has 21 heavy (non-hydrogen) atoms. The van der Waals surface area contributed by atoms with Gasteiger partial charge in [-0.15, -0.1) is 0 Å². The number of amides is 1. The number of aromatic hydroxyl groups is 1. The van der Waals surface area contributed by atoms with E-state index in [1.165, 1.54) is 0 Å². The van der Waals surface area contributed by atoms with Crippen molar-refractivity contribution in [3.8, 4) is 11.5 Å². The van der Waals surface area contributed by atoms with Crippen molar-refractivity contribution in [1.82, 2.24) is 0 Å². The first-order valence-corrected chi connectivity index (χ1v) is 6.72. The van der Waals surface area contributed by atoms with Crippen LogP contribution in [-0.4, -0.2) is 23.7 Å². The molecule has 0 aliphatic carbocycles. The number of benzene rings is 2. The van der Waals surface area contributed by atoms with Crippen molar-refractivity contribution in [3.05, 3.63) is 54.1 Å². The number of phenolic OH excluding ortho intramolecular Hbond substituents is 1. The molecular formula is C16H16N2O3. The highest BCUT2D eigenvalue weighted by Crippen LogP contribution is 2.34. The Morgan fingerprint density at radius 2 is 1.95 bits per heavy atom. The van der Waals surface area contributed by atoms with Gasteiger partial charge in [0.05, 0.1) is 12.2 Å². The molecule has 5 heteroatoms. The normalized spacial score (nSPS) is 17.0. The number of phenols is 1. The summed E-state index contributed by atoms with van der Waals surface area (Å²) in [6, 6.07) is 14.6. The molecule has 1 heterocycles. The summed E-state index contributed by atoms with van der Waals surface area (Å²) in [4.78, 5) is 13.4. The summed E-state index contributed by atoms with van der Waals surface area (Å²) >= 11 is 0. The molecule has 1 amide bonds. The van der Waals surface area contributed by atoms with Gasteiger partial charge in [-0.2, -0.15) is 0 Å². The molecule has 3 rings (SSSR count). The lowest BCUT2D eigenvalue weighted by Gasteiger charge is -2.35. The predicted molar refractivity (Wildman–Crippen MR) is 79.2 cm³/mol. The third-order valence-electron chi connectivity index (χ3n) is 3.53. The van der Waals surface area contributed by atoms with Crippen LogP contribution >= 0.6 is 0 Å². The van der Waals surface area contributed by atoms with E-state index in [0.29, 0.717) is 18.8 Å². The standard InChI is InChI=1S/C16H16N2O3/c17-16(20)15-10-18(9-11-5-1-3-7-13(11)19)12-6-2-4-8-14(12)21-15/h1-8,15,19H,9-10H2,(H2,17,20). The number of ether oxygens (including phenoxy) is 1. The molecule has 0 aromatic heterocycles. The van der Waals surface area contributed by atoms with E-state index in [1.54, 1.807) is 12.1 Å². The van der Waals surface area contributed by atoms with Gasteiger partial charge in [-0.1, -0.05) is 30.3 Å². The van der Waals surface area contributed by atoms with Gasteiger partial charge in [0.1, 0.15) is 11.5 Å². The SMILES string of the molecule is NC(=O)C1CN(Cc2ccccc2O)c2ccccc2O1. The maximum atomic E-state index is 11.5. The third-order valence-corrected chi connectivity index (χ3v) is 3.53. The maximum Gasteiger partial charge on any atom is 0.260 e. The van der Waals surface area contributed by atoms with Gasteiger partial charge in [0.15, 0.2) is 6.10 Å². The largest absolute Gasteiger partial charge is 0.508 e. The van der Waals surface area contributed by atoms with Crippen molar-refractivity contribution in [2.24, 2.45) is 5.73 Å². The molecule has 1 aliphatic heterocycles. The molecule has 0 saturated carbocycles. The highest BCUT2D eigenvalue weighted by Gasteiger charge is 2.29. The average Bonchev–Trinajstić information content (AvgIpc) is 2.49. The minimum Gasteiger partial charge on any atom is -0.508 e.